The Kier molecular flexibility index (Phi) is 7.40. The second kappa shape index (κ2) is 7.21. The van der Waals surface area contributed by atoms with Gasteiger partial charge in [-0.3, -0.25) is 0 Å². The first-order chi connectivity index (χ1) is 9.60. The summed E-state index contributed by atoms with van der Waals surface area (Å²) in [5.74, 6) is 0. The summed E-state index contributed by atoms with van der Waals surface area (Å²) in [6, 6.07) is 0. The lowest BCUT2D eigenvalue weighted by atomic mass is 10.2. The van der Waals surface area contributed by atoms with Crippen LogP contribution in [0, 0.1) is 0 Å². The molecular formula is C17H42O2Si3. The Morgan fingerprint density at radius 3 is 1.32 bits per heavy atom. The predicted octanol–water partition coefficient (Wildman–Crippen LogP) is 6.20. The smallest absolute Gasteiger partial charge is 0.217 e. The van der Waals surface area contributed by atoms with Crippen molar-refractivity contribution in [2.24, 2.45) is 0 Å². The van der Waals surface area contributed by atoms with Crippen molar-refractivity contribution in [1.82, 2.24) is 0 Å². The summed E-state index contributed by atoms with van der Waals surface area (Å²) >= 11 is 0. The summed E-state index contributed by atoms with van der Waals surface area (Å²) in [6.07, 6.45) is 3.20. The number of hydrogen-bond acceptors (Lipinski definition) is 2. The van der Waals surface area contributed by atoms with Gasteiger partial charge in [-0.1, -0.05) is 40.4 Å². The molecule has 5 heteroatoms. The fourth-order valence-corrected chi connectivity index (χ4v) is 12.9. The van der Waals surface area contributed by atoms with Gasteiger partial charge in [0, 0.05) is 5.22 Å². The van der Waals surface area contributed by atoms with E-state index in [1.165, 1.54) is 0 Å². The zero-order valence-electron chi connectivity index (χ0n) is 17.4. The van der Waals surface area contributed by atoms with Crippen molar-refractivity contribution >= 4 is 24.7 Å². The van der Waals surface area contributed by atoms with E-state index in [4.69, 9.17) is 8.85 Å². The molecule has 0 aromatic heterocycles. The average Bonchev–Trinajstić information content (AvgIpc) is 2.32. The minimum absolute atomic E-state index is 0.0289. The van der Waals surface area contributed by atoms with Crippen molar-refractivity contribution in [2.45, 2.75) is 110 Å². The van der Waals surface area contributed by atoms with E-state index in [1.54, 1.807) is 0 Å². The lowest BCUT2D eigenvalue weighted by Gasteiger charge is -2.53. The van der Waals surface area contributed by atoms with E-state index in [9.17, 15) is 0 Å². The topological polar surface area (TPSA) is 18.5 Å². The van der Waals surface area contributed by atoms with E-state index in [1.807, 2.05) is 0 Å². The average molecular weight is 363 g/mol. The molecule has 0 aliphatic carbocycles. The van der Waals surface area contributed by atoms with Crippen molar-refractivity contribution in [1.29, 1.82) is 0 Å². The molecule has 22 heavy (non-hydrogen) atoms. The third-order valence-electron chi connectivity index (χ3n) is 5.48. The van der Waals surface area contributed by atoms with Gasteiger partial charge in [-0.15, -0.1) is 0 Å². The summed E-state index contributed by atoms with van der Waals surface area (Å²) in [6.45, 7) is 28.1. The first kappa shape index (κ1) is 22.6. The highest BCUT2D eigenvalue weighted by atomic mass is 28.4. The maximum atomic E-state index is 7.03. The zero-order valence-corrected chi connectivity index (χ0v) is 20.4. The fraction of sp³-hybridized carbons (Fsp3) is 1.00. The molecule has 0 spiro atoms. The fourth-order valence-electron chi connectivity index (χ4n) is 3.37. The highest BCUT2D eigenvalue weighted by molar-refractivity contribution is 6.82. The second-order valence-electron chi connectivity index (χ2n) is 9.36. The van der Waals surface area contributed by atoms with Crippen molar-refractivity contribution < 1.29 is 8.85 Å². The van der Waals surface area contributed by atoms with Crippen LogP contribution >= 0.6 is 0 Å². The van der Waals surface area contributed by atoms with E-state index in [0.29, 0.717) is 0 Å². The molecule has 0 radical (unpaired) electrons. The van der Waals surface area contributed by atoms with Crippen molar-refractivity contribution in [3.8, 4) is 0 Å². The Morgan fingerprint density at radius 1 is 0.682 bits per heavy atom. The van der Waals surface area contributed by atoms with Crippen LogP contribution in [-0.4, -0.2) is 35.2 Å². The normalized spacial score (nSPS) is 17.5. The molecule has 1 atom stereocenters. The predicted molar refractivity (Wildman–Crippen MR) is 108 cm³/mol. The summed E-state index contributed by atoms with van der Waals surface area (Å²) in [4.78, 5) is 0. The van der Waals surface area contributed by atoms with Crippen LogP contribution in [0.15, 0.2) is 0 Å². The number of hydrogen-bond donors (Lipinski definition) is 0. The van der Waals surface area contributed by atoms with Gasteiger partial charge in [0.25, 0.3) is 0 Å². The molecule has 0 unspecified atom stereocenters. The molecule has 0 saturated heterocycles. The van der Waals surface area contributed by atoms with Crippen LogP contribution in [0.3, 0.4) is 0 Å². The Morgan fingerprint density at radius 2 is 1.09 bits per heavy atom. The van der Waals surface area contributed by atoms with Gasteiger partial charge in [-0.2, -0.15) is 0 Å². The first-order valence-corrected chi connectivity index (χ1v) is 18.8. The van der Waals surface area contributed by atoms with Crippen LogP contribution in [0.5, 0.6) is 0 Å². The maximum absolute atomic E-state index is 7.03. The van der Waals surface area contributed by atoms with Gasteiger partial charge in [0.15, 0.2) is 8.32 Å². The Hall–Kier alpha value is 0.571. The zero-order chi connectivity index (χ0) is 18.0. The van der Waals surface area contributed by atoms with E-state index < -0.39 is 24.7 Å². The molecule has 0 aliphatic rings. The highest BCUT2D eigenvalue weighted by Crippen LogP contribution is 2.40. The molecule has 0 aromatic carbocycles. The lowest BCUT2D eigenvalue weighted by Crippen LogP contribution is -2.67. The van der Waals surface area contributed by atoms with Crippen LogP contribution in [0.4, 0.5) is 0 Å². The van der Waals surface area contributed by atoms with Gasteiger partial charge < -0.3 is 8.85 Å². The van der Waals surface area contributed by atoms with Crippen LogP contribution < -0.4 is 0 Å². The standard InChI is InChI=1S/C17H42O2Si3/c1-13-16(4,20(5,6)7)18-22(11,12)17(14-2,15-3)19-21(8,9)10/h13-15H2,1-12H3/t16-/m1/s1. The Bertz CT molecular complexity index is 352. The van der Waals surface area contributed by atoms with Crippen LogP contribution in [0.1, 0.15) is 47.0 Å². The number of rotatable bonds is 9. The molecule has 0 N–H and O–H groups in total. The molecule has 134 valence electrons. The maximum Gasteiger partial charge on any atom is 0.217 e. The minimum Gasteiger partial charge on any atom is -0.412 e. The highest BCUT2D eigenvalue weighted by Gasteiger charge is 2.53. The van der Waals surface area contributed by atoms with Crippen molar-refractivity contribution in [2.75, 3.05) is 0 Å². The van der Waals surface area contributed by atoms with Gasteiger partial charge in [0.05, 0.1) is 13.3 Å². The molecule has 0 bridgehead atoms. The minimum atomic E-state index is -2.01. The van der Waals surface area contributed by atoms with E-state index in [-0.39, 0.29) is 10.4 Å². The third-order valence-corrected chi connectivity index (χ3v) is 14.5. The van der Waals surface area contributed by atoms with Gasteiger partial charge in [-0.05, 0) is 58.9 Å². The van der Waals surface area contributed by atoms with Gasteiger partial charge in [0.1, 0.15) is 0 Å². The molecule has 2 nitrogen and oxygen atoms in total. The molecule has 0 amide bonds. The lowest BCUT2D eigenvalue weighted by molar-refractivity contribution is 0.0630. The SMILES string of the molecule is CCC(CC)(O[Si](C)(C)C)[Si](C)(C)O[C@@](C)(CC)[Si](C)(C)C. The van der Waals surface area contributed by atoms with E-state index >= 15 is 0 Å². The van der Waals surface area contributed by atoms with E-state index in [0.717, 1.165) is 19.3 Å². The van der Waals surface area contributed by atoms with Crippen molar-refractivity contribution in [3.05, 3.63) is 0 Å². The summed E-state index contributed by atoms with van der Waals surface area (Å²) in [5.41, 5.74) is 0. The van der Waals surface area contributed by atoms with Crippen LogP contribution in [0.25, 0.3) is 0 Å². The van der Waals surface area contributed by atoms with Gasteiger partial charge in [0.2, 0.25) is 8.32 Å². The molecule has 0 heterocycles. The van der Waals surface area contributed by atoms with Gasteiger partial charge >= 0.3 is 0 Å². The monoisotopic (exact) mass is 362 g/mol. The summed E-state index contributed by atoms with van der Waals surface area (Å²) in [7, 11) is -5.04. The van der Waals surface area contributed by atoms with E-state index in [2.05, 4.69) is 80.1 Å². The molecule has 0 fully saturated rings. The van der Waals surface area contributed by atoms with Crippen LogP contribution in [0.2, 0.25) is 52.4 Å². The molecule has 0 saturated carbocycles. The molecule has 0 rings (SSSR count). The molecule has 0 aliphatic heterocycles. The quantitative estimate of drug-likeness (QED) is 0.454. The Labute approximate surface area is 143 Å². The van der Waals surface area contributed by atoms with Crippen LogP contribution in [-0.2, 0) is 8.85 Å². The summed E-state index contributed by atoms with van der Waals surface area (Å²) < 4.78 is 13.8. The largest absolute Gasteiger partial charge is 0.412 e. The second-order valence-corrected chi connectivity index (χ2v) is 23.5. The third kappa shape index (κ3) is 5.03. The molecule has 0 aromatic rings. The molecular weight excluding hydrogens is 320 g/mol. The Balaban J connectivity index is 5.73. The first-order valence-electron chi connectivity index (χ1n) is 9.00. The summed E-state index contributed by atoms with van der Waals surface area (Å²) in [5, 5.41) is -0.0331. The van der Waals surface area contributed by atoms with Gasteiger partial charge in [-0.25, -0.2) is 0 Å². The van der Waals surface area contributed by atoms with Crippen molar-refractivity contribution in [3.63, 3.8) is 0 Å².